The molecule has 0 saturated heterocycles. The minimum absolute atomic E-state index is 0.217. The maximum absolute atomic E-state index is 11.7. The molecule has 2 aromatic rings. The van der Waals surface area contributed by atoms with Crippen LogP contribution in [0.1, 0.15) is 15.2 Å². The highest BCUT2D eigenvalue weighted by atomic mass is 32.1. The molecule has 5 nitrogen and oxygen atoms in total. The minimum atomic E-state index is -0.217. The lowest BCUT2D eigenvalue weighted by Gasteiger charge is -2.02. The molecule has 0 aliphatic rings. The lowest BCUT2D eigenvalue weighted by atomic mass is 10.2. The summed E-state index contributed by atoms with van der Waals surface area (Å²) in [6.45, 7) is 0.330. The van der Waals surface area contributed by atoms with Gasteiger partial charge in [0.2, 0.25) is 0 Å². The Morgan fingerprint density at radius 1 is 1.39 bits per heavy atom. The van der Waals surface area contributed by atoms with Crippen molar-refractivity contribution >= 4 is 23.1 Å². The van der Waals surface area contributed by atoms with E-state index in [2.05, 4.69) is 26.7 Å². The fourth-order valence-electron chi connectivity index (χ4n) is 1.25. The molecule has 0 aliphatic heterocycles. The highest BCUT2D eigenvalue weighted by molar-refractivity contribution is 7.07. The van der Waals surface area contributed by atoms with Crippen molar-refractivity contribution in [3.63, 3.8) is 0 Å². The summed E-state index contributed by atoms with van der Waals surface area (Å²) in [6.07, 6.45) is 1.43. The van der Waals surface area contributed by atoms with Gasteiger partial charge in [-0.25, -0.2) is 0 Å². The Labute approximate surface area is 108 Å². The fourth-order valence-corrected chi connectivity index (χ4v) is 1.66. The van der Waals surface area contributed by atoms with Crippen molar-refractivity contribution in [1.29, 1.82) is 0 Å². The second kappa shape index (κ2) is 5.91. The maximum atomic E-state index is 11.7. The summed E-state index contributed by atoms with van der Waals surface area (Å²) in [4.78, 5) is 12.2. The maximum Gasteiger partial charge on any atom is 0.269 e. The molecule has 2 rings (SSSR count). The van der Waals surface area contributed by atoms with Crippen LogP contribution in [0.25, 0.3) is 0 Å². The number of hydrogen-bond donors (Lipinski definition) is 2. The molecule has 0 fully saturated rings. The predicted molar refractivity (Wildman–Crippen MR) is 70.2 cm³/mol. The molecule has 1 amide bonds. The topological polar surface area (TPSA) is 80.9 Å². The zero-order valence-electron chi connectivity index (χ0n) is 9.38. The van der Waals surface area contributed by atoms with Crippen molar-refractivity contribution in [3.05, 3.63) is 40.9 Å². The van der Waals surface area contributed by atoms with Crippen LogP contribution in [0.5, 0.6) is 0 Å². The Kier molecular flexibility index (Phi) is 4.02. The quantitative estimate of drug-likeness (QED) is 0.790. The van der Waals surface area contributed by atoms with Gasteiger partial charge in [0, 0.05) is 11.3 Å². The lowest BCUT2D eigenvalue weighted by Crippen LogP contribution is -2.09. The average Bonchev–Trinajstić information content (AvgIpc) is 2.92. The summed E-state index contributed by atoms with van der Waals surface area (Å²) >= 11 is 1.06. The molecule has 0 unspecified atom stereocenters. The van der Waals surface area contributed by atoms with Crippen LogP contribution < -0.4 is 11.1 Å². The smallest absolute Gasteiger partial charge is 0.269 e. The van der Waals surface area contributed by atoms with Crippen LogP contribution in [0.3, 0.4) is 0 Å². The molecule has 90 valence electrons. The number of amides is 1. The van der Waals surface area contributed by atoms with Crippen molar-refractivity contribution in [3.8, 4) is 11.8 Å². The number of aromatic nitrogens is 2. The van der Waals surface area contributed by atoms with Crippen LogP contribution in [0.15, 0.2) is 30.5 Å². The van der Waals surface area contributed by atoms with E-state index in [1.165, 1.54) is 6.20 Å². The first-order valence-electron chi connectivity index (χ1n) is 5.17. The molecular weight excluding hydrogens is 248 g/mol. The van der Waals surface area contributed by atoms with Gasteiger partial charge in [0.15, 0.2) is 0 Å². The van der Waals surface area contributed by atoms with Crippen LogP contribution >= 0.6 is 11.5 Å². The summed E-state index contributed by atoms with van der Waals surface area (Å²) in [7, 11) is 0. The largest absolute Gasteiger partial charge is 0.321 e. The van der Waals surface area contributed by atoms with Gasteiger partial charge in [0.05, 0.1) is 12.7 Å². The normalized spacial score (nSPS) is 9.39. The summed E-state index contributed by atoms with van der Waals surface area (Å²) in [5, 5.41) is 6.36. The molecule has 0 saturated carbocycles. The Hall–Kier alpha value is -2.23. The summed E-state index contributed by atoms with van der Waals surface area (Å²) in [5.74, 6) is 5.45. The van der Waals surface area contributed by atoms with Gasteiger partial charge < -0.3 is 11.1 Å². The molecule has 3 N–H and O–H groups in total. The van der Waals surface area contributed by atoms with Crippen LogP contribution in [0.4, 0.5) is 5.69 Å². The van der Waals surface area contributed by atoms with E-state index < -0.39 is 0 Å². The van der Waals surface area contributed by atoms with E-state index in [4.69, 9.17) is 5.73 Å². The Balaban J connectivity index is 2.04. The number of rotatable bonds is 2. The van der Waals surface area contributed by atoms with Crippen LogP contribution in [0, 0.1) is 11.8 Å². The van der Waals surface area contributed by atoms with Crippen molar-refractivity contribution in [1.82, 2.24) is 9.59 Å². The number of carbonyl (C=O) groups excluding carboxylic acids is 1. The first-order chi connectivity index (χ1) is 8.79. The van der Waals surface area contributed by atoms with Gasteiger partial charge in [-0.05, 0) is 35.8 Å². The third kappa shape index (κ3) is 3.13. The Morgan fingerprint density at radius 2 is 2.17 bits per heavy atom. The Bertz CT molecular complexity index is 581. The van der Waals surface area contributed by atoms with E-state index in [-0.39, 0.29) is 5.91 Å². The van der Waals surface area contributed by atoms with Crippen LogP contribution in [-0.4, -0.2) is 22.0 Å². The van der Waals surface area contributed by atoms with Gasteiger partial charge in [-0.3, -0.25) is 4.79 Å². The molecule has 18 heavy (non-hydrogen) atoms. The van der Waals surface area contributed by atoms with Gasteiger partial charge in [-0.1, -0.05) is 16.3 Å². The van der Waals surface area contributed by atoms with E-state index in [0.29, 0.717) is 17.1 Å². The van der Waals surface area contributed by atoms with Crippen molar-refractivity contribution in [2.45, 2.75) is 0 Å². The standard InChI is InChI=1S/C12H10N4OS/c13-7-1-2-9-3-5-10(6-4-9)15-12(17)11-8-14-16-18-11/h3-6,8H,7,13H2,(H,15,17). The number of nitrogens with two attached hydrogens (primary N) is 1. The monoisotopic (exact) mass is 258 g/mol. The molecule has 6 heteroatoms. The zero-order chi connectivity index (χ0) is 12.8. The highest BCUT2D eigenvalue weighted by Crippen LogP contribution is 2.11. The van der Waals surface area contributed by atoms with Crippen LogP contribution in [-0.2, 0) is 0 Å². The van der Waals surface area contributed by atoms with Gasteiger partial charge in [-0.2, -0.15) is 0 Å². The Morgan fingerprint density at radius 3 is 2.78 bits per heavy atom. The van der Waals surface area contributed by atoms with E-state index in [1.807, 2.05) is 12.1 Å². The van der Waals surface area contributed by atoms with E-state index >= 15 is 0 Å². The van der Waals surface area contributed by atoms with E-state index in [1.54, 1.807) is 12.1 Å². The predicted octanol–water partition coefficient (Wildman–Crippen LogP) is 1.10. The van der Waals surface area contributed by atoms with Crippen molar-refractivity contribution in [2.24, 2.45) is 5.73 Å². The second-order valence-corrected chi connectivity index (χ2v) is 4.10. The lowest BCUT2D eigenvalue weighted by molar-refractivity contribution is 0.103. The molecule has 1 aromatic carbocycles. The fraction of sp³-hybridized carbons (Fsp3) is 0.0833. The number of benzene rings is 1. The molecule has 0 spiro atoms. The molecule has 0 aliphatic carbocycles. The van der Waals surface area contributed by atoms with Crippen molar-refractivity contribution < 1.29 is 4.79 Å². The molecule has 0 radical (unpaired) electrons. The minimum Gasteiger partial charge on any atom is -0.321 e. The molecule has 1 aromatic heterocycles. The molecule has 1 heterocycles. The number of carbonyl (C=O) groups is 1. The average molecular weight is 258 g/mol. The van der Waals surface area contributed by atoms with Gasteiger partial charge in [-0.15, -0.1) is 5.10 Å². The SMILES string of the molecule is NCC#Cc1ccc(NC(=O)c2cnns2)cc1. The molecule has 0 atom stereocenters. The van der Waals surface area contributed by atoms with Gasteiger partial charge in [0.1, 0.15) is 4.88 Å². The number of nitrogens with one attached hydrogen (secondary N) is 1. The second-order valence-electron chi connectivity index (χ2n) is 3.32. The summed E-state index contributed by atoms with van der Waals surface area (Å²) in [6, 6.07) is 7.21. The first-order valence-corrected chi connectivity index (χ1v) is 5.94. The molecular formula is C12H10N4OS. The van der Waals surface area contributed by atoms with E-state index in [9.17, 15) is 4.79 Å². The summed E-state index contributed by atoms with van der Waals surface area (Å²) in [5.41, 5.74) is 6.84. The summed E-state index contributed by atoms with van der Waals surface area (Å²) < 4.78 is 3.63. The number of nitrogens with zero attached hydrogens (tertiary/aromatic N) is 2. The third-order valence-electron chi connectivity index (χ3n) is 2.06. The van der Waals surface area contributed by atoms with Gasteiger partial charge >= 0.3 is 0 Å². The van der Waals surface area contributed by atoms with Gasteiger partial charge in [0.25, 0.3) is 5.91 Å². The first kappa shape index (κ1) is 12.2. The van der Waals surface area contributed by atoms with E-state index in [0.717, 1.165) is 17.1 Å². The van der Waals surface area contributed by atoms with Crippen molar-refractivity contribution in [2.75, 3.05) is 11.9 Å². The molecule has 0 bridgehead atoms. The third-order valence-corrected chi connectivity index (χ3v) is 2.73. The number of anilines is 1. The highest BCUT2D eigenvalue weighted by Gasteiger charge is 2.08. The zero-order valence-corrected chi connectivity index (χ0v) is 10.2. The number of hydrogen-bond acceptors (Lipinski definition) is 5. The van der Waals surface area contributed by atoms with Crippen LogP contribution in [0.2, 0.25) is 0 Å².